The van der Waals surface area contributed by atoms with Crippen LogP contribution in [-0.2, 0) is 19.6 Å². The summed E-state index contributed by atoms with van der Waals surface area (Å²) in [5.74, 6) is 0.446. The fraction of sp³-hybridized carbons (Fsp3) is 0.125. The number of rotatable bonds is 9. The van der Waals surface area contributed by atoms with Crippen molar-refractivity contribution in [1.29, 1.82) is 0 Å². The number of nitrogens with one attached hydrogen (secondary N) is 1. The molecule has 0 amide bonds. The number of pyridine rings is 1. The van der Waals surface area contributed by atoms with Gasteiger partial charge in [-0.05, 0) is 22.8 Å². The van der Waals surface area contributed by atoms with E-state index in [1.165, 1.54) is 6.33 Å². The summed E-state index contributed by atoms with van der Waals surface area (Å²) in [6.45, 7) is 1.30. The van der Waals surface area contributed by atoms with Gasteiger partial charge in [-0.15, -0.1) is 0 Å². The van der Waals surface area contributed by atoms with Crippen LogP contribution in [0.1, 0.15) is 16.7 Å². The van der Waals surface area contributed by atoms with Crippen molar-refractivity contribution in [2.24, 2.45) is 0 Å². The highest BCUT2D eigenvalue weighted by Crippen LogP contribution is 2.33. The first-order chi connectivity index (χ1) is 15.7. The first kappa shape index (κ1) is 20.9. The lowest BCUT2D eigenvalue weighted by atomic mass is 10.1. The number of nitro groups is 1. The van der Waals surface area contributed by atoms with Crippen LogP contribution in [-0.4, -0.2) is 19.9 Å². The Labute approximate surface area is 185 Å². The summed E-state index contributed by atoms with van der Waals surface area (Å²) >= 11 is 0. The molecule has 4 rings (SSSR count). The molecule has 0 fully saturated rings. The second-order valence-corrected chi connectivity index (χ2v) is 7.19. The van der Waals surface area contributed by atoms with E-state index in [4.69, 9.17) is 0 Å². The van der Waals surface area contributed by atoms with E-state index in [0.717, 1.165) is 16.7 Å². The first-order valence-corrected chi connectivity index (χ1v) is 10.2. The molecule has 0 saturated carbocycles. The molecular weight excluding hydrogens is 404 g/mol. The van der Waals surface area contributed by atoms with E-state index in [2.05, 4.69) is 20.3 Å². The van der Waals surface area contributed by atoms with Gasteiger partial charge in [0.15, 0.2) is 0 Å². The topological polar surface area (TPSA) is 97.1 Å². The summed E-state index contributed by atoms with van der Waals surface area (Å²) < 4.78 is 0. The highest BCUT2D eigenvalue weighted by Gasteiger charge is 2.27. The Bertz CT molecular complexity index is 1120. The van der Waals surface area contributed by atoms with Crippen LogP contribution in [0.3, 0.4) is 0 Å². The third kappa shape index (κ3) is 5.23. The van der Waals surface area contributed by atoms with Crippen LogP contribution in [0, 0.1) is 10.1 Å². The Morgan fingerprint density at radius 2 is 1.47 bits per heavy atom. The van der Waals surface area contributed by atoms with Crippen molar-refractivity contribution in [3.05, 3.63) is 118 Å². The van der Waals surface area contributed by atoms with Gasteiger partial charge in [-0.25, -0.2) is 9.97 Å². The van der Waals surface area contributed by atoms with Crippen molar-refractivity contribution in [1.82, 2.24) is 15.0 Å². The molecular formula is C24H22N6O2. The number of hydrogen-bond acceptors (Lipinski definition) is 7. The van der Waals surface area contributed by atoms with Crippen LogP contribution < -0.4 is 10.2 Å². The van der Waals surface area contributed by atoms with Gasteiger partial charge in [0.05, 0.1) is 4.92 Å². The Balaban J connectivity index is 1.69. The quantitative estimate of drug-likeness (QED) is 0.309. The molecule has 2 heterocycles. The minimum Gasteiger partial charge on any atom is -0.360 e. The molecule has 0 unspecified atom stereocenters. The first-order valence-electron chi connectivity index (χ1n) is 10.2. The van der Waals surface area contributed by atoms with Crippen LogP contribution in [0.15, 0.2) is 91.5 Å². The van der Waals surface area contributed by atoms with Gasteiger partial charge in [-0.3, -0.25) is 15.1 Å². The summed E-state index contributed by atoms with van der Waals surface area (Å²) in [4.78, 5) is 26.2. The lowest BCUT2D eigenvalue weighted by Gasteiger charge is -2.24. The summed E-state index contributed by atoms with van der Waals surface area (Å²) in [6.07, 6.45) is 4.74. The molecule has 4 aromatic rings. The SMILES string of the molecule is O=[N+]([O-])c1c(NCc2cccnc2)ncnc1N(Cc1ccccc1)Cc1ccccc1. The highest BCUT2D eigenvalue weighted by molar-refractivity contribution is 5.70. The minimum absolute atomic E-state index is 0.150. The van der Waals surface area contributed by atoms with Crippen molar-refractivity contribution >= 4 is 17.3 Å². The van der Waals surface area contributed by atoms with Gasteiger partial charge in [-0.1, -0.05) is 66.7 Å². The average molecular weight is 426 g/mol. The molecule has 0 aliphatic carbocycles. The summed E-state index contributed by atoms with van der Waals surface area (Å²) in [6, 6.07) is 23.4. The predicted octanol–water partition coefficient (Wildman–Crippen LogP) is 4.60. The van der Waals surface area contributed by atoms with Crippen LogP contribution >= 0.6 is 0 Å². The van der Waals surface area contributed by atoms with Gasteiger partial charge < -0.3 is 10.2 Å². The van der Waals surface area contributed by atoms with Crippen LogP contribution in [0.25, 0.3) is 0 Å². The summed E-state index contributed by atoms with van der Waals surface area (Å²) in [5.41, 5.74) is 2.80. The van der Waals surface area contributed by atoms with E-state index in [0.29, 0.717) is 19.6 Å². The van der Waals surface area contributed by atoms with Gasteiger partial charge in [-0.2, -0.15) is 0 Å². The van der Waals surface area contributed by atoms with Gasteiger partial charge in [0, 0.05) is 32.0 Å². The lowest BCUT2D eigenvalue weighted by Crippen LogP contribution is -2.25. The van der Waals surface area contributed by atoms with E-state index in [1.54, 1.807) is 12.4 Å². The molecule has 8 nitrogen and oxygen atoms in total. The second kappa shape index (κ2) is 10.1. The molecule has 8 heteroatoms. The molecule has 32 heavy (non-hydrogen) atoms. The standard InChI is InChI=1S/C24H22N6O2/c31-30(32)22-23(26-15-21-12-7-13-25-14-21)27-18-28-24(22)29(16-19-8-3-1-4-9-19)17-20-10-5-2-6-11-20/h1-14,18H,15-17H2,(H,26,27,28). The molecule has 0 atom stereocenters. The number of benzene rings is 2. The molecule has 1 N–H and O–H groups in total. The van der Waals surface area contributed by atoms with Crippen molar-refractivity contribution in [2.75, 3.05) is 10.2 Å². The Morgan fingerprint density at radius 3 is 2.03 bits per heavy atom. The zero-order valence-corrected chi connectivity index (χ0v) is 17.3. The minimum atomic E-state index is -0.427. The Kier molecular flexibility index (Phi) is 6.62. The van der Waals surface area contributed by atoms with Gasteiger partial charge >= 0.3 is 5.69 Å². The van der Waals surface area contributed by atoms with Crippen LogP contribution in [0.2, 0.25) is 0 Å². The van der Waals surface area contributed by atoms with Crippen molar-refractivity contribution in [3.8, 4) is 0 Å². The molecule has 0 saturated heterocycles. The van der Waals surface area contributed by atoms with Crippen molar-refractivity contribution in [2.45, 2.75) is 19.6 Å². The Morgan fingerprint density at radius 1 is 0.844 bits per heavy atom. The molecule has 0 bridgehead atoms. The second-order valence-electron chi connectivity index (χ2n) is 7.19. The maximum absolute atomic E-state index is 12.1. The maximum atomic E-state index is 12.1. The van der Waals surface area contributed by atoms with Crippen LogP contribution in [0.4, 0.5) is 17.3 Å². The largest absolute Gasteiger partial charge is 0.360 e. The highest BCUT2D eigenvalue weighted by atomic mass is 16.6. The molecule has 0 aliphatic heterocycles. The summed E-state index contributed by atoms with van der Waals surface area (Å²) in [7, 11) is 0. The molecule has 2 aromatic heterocycles. The molecule has 160 valence electrons. The zero-order valence-electron chi connectivity index (χ0n) is 17.3. The van der Waals surface area contributed by atoms with Gasteiger partial charge in [0.25, 0.3) is 0 Å². The van der Waals surface area contributed by atoms with E-state index < -0.39 is 4.92 Å². The zero-order chi connectivity index (χ0) is 22.2. The normalized spacial score (nSPS) is 10.5. The maximum Gasteiger partial charge on any atom is 0.353 e. The van der Waals surface area contributed by atoms with E-state index in [1.807, 2.05) is 77.7 Å². The van der Waals surface area contributed by atoms with E-state index in [-0.39, 0.29) is 17.3 Å². The van der Waals surface area contributed by atoms with E-state index >= 15 is 0 Å². The fourth-order valence-electron chi connectivity index (χ4n) is 3.40. The molecule has 2 aromatic carbocycles. The third-order valence-electron chi connectivity index (χ3n) is 4.90. The van der Waals surface area contributed by atoms with Crippen LogP contribution in [0.5, 0.6) is 0 Å². The third-order valence-corrected chi connectivity index (χ3v) is 4.90. The van der Waals surface area contributed by atoms with Crippen molar-refractivity contribution in [3.63, 3.8) is 0 Å². The average Bonchev–Trinajstić information content (AvgIpc) is 2.84. The van der Waals surface area contributed by atoms with Gasteiger partial charge in [0.1, 0.15) is 6.33 Å². The smallest absolute Gasteiger partial charge is 0.353 e. The molecule has 0 aliphatic rings. The Hall–Kier alpha value is -4.33. The van der Waals surface area contributed by atoms with E-state index in [9.17, 15) is 10.1 Å². The number of nitrogens with zero attached hydrogens (tertiary/aromatic N) is 5. The molecule has 0 spiro atoms. The summed E-state index contributed by atoms with van der Waals surface area (Å²) in [5, 5.41) is 15.2. The molecule has 0 radical (unpaired) electrons. The number of hydrogen-bond donors (Lipinski definition) is 1. The number of anilines is 2. The van der Waals surface area contributed by atoms with Gasteiger partial charge in [0.2, 0.25) is 11.6 Å². The monoisotopic (exact) mass is 426 g/mol. The fourth-order valence-corrected chi connectivity index (χ4v) is 3.40. The number of aromatic nitrogens is 3. The predicted molar refractivity (Wildman–Crippen MR) is 123 cm³/mol. The lowest BCUT2D eigenvalue weighted by molar-refractivity contribution is -0.383. The van der Waals surface area contributed by atoms with Crippen molar-refractivity contribution < 1.29 is 4.92 Å².